The number of ether oxygens (including phenoxy) is 1. The highest BCUT2D eigenvalue weighted by Crippen LogP contribution is 2.16. The van der Waals surface area contributed by atoms with E-state index in [2.05, 4.69) is 11.9 Å². The third-order valence-corrected chi connectivity index (χ3v) is 2.17. The van der Waals surface area contributed by atoms with Crippen LogP contribution in [-0.4, -0.2) is 17.5 Å². The number of anilines is 1. The van der Waals surface area contributed by atoms with Gasteiger partial charge in [0.2, 0.25) is 5.88 Å². The molecule has 16 heavy (non-hydrogen) atoms. The number of carbonyl (C=O) groups excluding carboxylic acids is 1. The van der Waals surface area contributed by atoms with Gasteiger partial charge in [0.05, 0.1) is 24.1 Å². The van der Waals surface area contributed by atoms with E-state index in [1.165, 1.54) is 12.3 Å². The largest absolute Gasteiger partial charge is 0.478 e. The summed E-state index contributed by atoms with van der Waals surface area (Å²) in [6.45, 7) is 2.70. The second kappa shape index (κ2) is 5.95. The summed E-state index contributed by atoms with van der Waals surface area (Å²) in [5, 5.41) is 0. The predicted molar refractivity (Wildman–Crippen MR) is 62.2 cm³/mol. The number of nitrogen functional groups attached to an aromatic ring is 1. The number of nitrogens with zero attached hydrogens (tertiary/aromatic N) is 1. The van der Waals surface area contributed by atoms with E-state index in [1.54, 1.807) is 0 Å². The van der Waals surface area contributed by atoms with Crippen LogP contribution in [0.25, 0.3) is 0 Å². The third kappa shape index (κ3) is 3.42. The second-order valence-electron chi connectivity index (χ2n) is 3.53. The predicted octanol–water partition coefficient (Wildman–Crippen LogP) is 1.33. The van der Waals surface area contributed by atoms with E-state index in [0.29, 0.717) is 12.5 Å². The summed E-state index contributed by atoms with van der Waals surface area (Å²) < 4.78 is 5.38. The lowest BCUT2D eigenvalue weighted by Gasteiger charge is -2.07. The summed E-state index contributed by atoms with van der Waals surface area (Å²) in [5.74, 6) is -0.183. The number of primary amides is 1. The van der Waals surface area contributed by atoms with Crippen LogP contribution >= 0.6 is 0 Å². The van der Waals surface area contributed by atoms with Crippen LogP contribution in [0.1, 0.15) is 36.5 Å². The molecule has 0 saturated carbocycles. The van der Waals surface area contributed by atoms with E-state index < -0.39 is 5.91 Å². The summed E-state index contributed by atoms with van der Waals surface area (Å²) in [6, 6.07) is 1.48. The van der Waals surface area contributed by atoms with Crippen molar-refractivity contribution in [2.45, 2.75) is 26.2 Å². The third-order valence-electron chi connectivity index (χ3n) is 2.17. The number of pyridine rings is 1. The van der Waals surface area contributed by atoms with Crippen LogP contribution in [-0.2, 0) is 0 Å². The molecule has 0 aliphatic heterocycles. The summed E-state index contributed by atoms with van der Waals surface area (Å²) >= 11 is 0. The van der Waals surface area contributed by atoms with Gasteiger partial charge >= 0.3 is 0 Å². The quantitative estimate of drug-likeness (QED) is 0.712. The van der Waals surface area contributed by atoms with Crippen molar-refractivity contribution in [3.05, 3.63) is 17.8 Å². The minimum absolute atomic E-state index is 0.250. The van der Waals surface area contributed by atoms with Gasteiger partial charge in [-0.2, -0.15) is 0 Å². The zero-order chi connectivity index (χ0) is 12.0. The number of hydrogen-bond acceptors (Lipinski definition) is 4. The van der Waals surface area contributed by atoms with Crippen LogP contribution in [0.2, 0.25) is 0 Å². The van der Waals surface area contributed by atoms with E-state index >= 15 is 0 Å². The highest BCUT2D eigenvalue weighted by Gasteiger charge is 2.08. The molecule has 4 N–H and O–H groups in total. The van der Waals surface area contributed by atoms with Gasteiger partial charge in [0, 0.05) is 6.07 Å². The lowest BCUT2D eigenvalue weighted by molar-refractivity contribution is 0.100. The van der Waals surface area contributed by atoms with Crippen molar-refractivity contribution in [3.8, 4) is 5.88 Å². The first kappa shape index (κ1) is 12.3. The molecule has 0 aliphatic carbocycles. The van der Waals surface area contributed by atoms with Gasteiger partial charge in [0.15, 0.2) is 0 Å². The molecular weight excluding hydrogens is 206 g/mol. The molecule has 1 rings (SSSR count). The number of amides is 1. The normalized spacial score (nSPS) is 10.1. The summed E-state index contributed by atoms with van der Waals surface area (Å²) in [7, 11) is 0. The lowest BCUT2D eigenvalue weighted by atomic mass is 10.2. The molecule has 0 aromatic carbocycles. The van der Waals surface area contributed by atoms with Gasteiger partial charge in [0.25, 0.3) is 5.91 Å². The smallest absolute Gasteiger partial charge is 0.251 e. The molecule has 0 saturated heterocycles. The van der Waals surface area contributed by atoms with Crippen LogP contribution in [0, 0.1) is 0 Å². The maximum Gasteiger partial charge on any atom is 0.251 e. The Bertz CT molecular complexity index is 366. The first-order chi connectivity index (χ1) is 7.65. The zero-order valence-corrected chi connectivity index (χ0v) is 9.40. The molecule has 0 radical (unpaired) electrons. The molecule has 0 unspecified atom stereocenters. The van der Waals surface area contributed by atoms with E-state index in [1.807, 2.05) is 0 Å². The molecule has 0 aliphatic rings. The maximum absolute atomic E-state index is 11.0. The van der Waals surface area contributed by atoms with Crippen molar-refractivity contribution in [2.75, 3.05) is 12.3 Å². The van der Waals surface area contributed by atoms with Crippen LogP contribution in [0.3, 0.4) is 0 Å². The Labute approximate surface area is 94.8 Å². The molecule has 5 nitrogen and oxygen atoms in total. The molecule has 0 spiro atoms. The van der Waals surface area contributed by atoms with Crippen molar-refractivity contribution < 1.29 is 9.53 Å². The minimum Gasteiger partial charge on any atom is -0.478 e. The highest BCUT2D eigenvalue weighted by atomic mass is 16.5. The van der Waals surface area contributed by atoms with Crippen LogP contribution < -0.4 is 16.2 Å². The van der Waals surface area contributed by atoms with Crippen molar-refractivity contribution in [1.29, 1.82) is 0 Å². The van der Waals surface area contributed by atoms with E-state index in [4.69, 9.17) is 16.2 Å². The molecule has 1 aromatic heterocycles. The minimum atomic E-state index is -0.571. The molecule has 0 fully saturated rings. The number of carbonyl (C=O) groups is 1. The molecular formula is C11H17N3O2. The topological polar surface area (TPSA) is 91.2 Å². The maximum atomic E-state index is 11.0. The van der Waals surface area contributed by atoms with Crippen LogP contribution in [0.15, 0.2) is 12.3 Å². The second-order valence-corrected chi connectivity index (χ2v) is 3.53. The first-order valence-electron chi connectivity index (χ1n) is 5.33. The van der Waals surface area contributed by atoms with Crippen molar-refractivity contribution >= 4 is 11.6 Å². The average Bonchev–Trinajstić information content (AvgIpc) is 2.26. The Hall–Kier alpha value is -1.78. The fraction of sp³-hybridized carbons (Fsp3) is 0.455. The number of unbranched alkanes of at least 4 members (excludes halogenated alkanes) is 2. The molecule has 88 valence electrons. The lowest BCUT2D eigenvalue weighted by Crippen LogP contribution is -2.14. The Morgan fingerprint density at radius 3 is 2.88 bits per heavy atom. The molecule has 1 amide bonds. The van der Waals surface area contributed by atoms with Crippen LogP contribution in [0.5, 0.6) is 5.88 Å². The number of hydrogen-bond donors (Lipinski definition) is 2. The fourth-order valence-corrected chi connectivity index (χ4v) is 1.27. The Balaban J connectivity index is 2.61. The van der Waals surface area contributed by atoms with Gasteiger partial charge in [-0.05, 0) is 6.42 Å². The van der Waals surface area contributed by atoms with Crippen molar-refractivity contribution in [2.24, 2.45) is 5.73 Å². The first-order valence-corrected chi connectivity index (χ1v) is 5.33. The van der Waals surface area contributed by atoms with Gasteiger partial charge in [-0.1, -0.05) is 19.8 Å². The number of rotatable bonds is 6. The van der Waals surface area contributed by atoms with Gasteiger partial charge < -0.3 is 16.2 Å². The van der Waals surface area contributed by atoms with Gasteiger partial charge in [-0.15, -0.1) is 0 Å². The summed E-state index contributed by atoms with van der Waals surface area (Å²) in [6.07, 6.45) is 4.59. The molecule has 5 heteroatoms. The van der Waals surface area contributed by atoms with Crippen LogP contribution in [0.4, 0.5) is 5.69 Å². The Morgan fingerprint density at radius 2 is 2.25 bits per heavy atom. The van der Waals surface area contributed by atoms with Crippen molar-refractivity contribution in [3.63, 3.8) is 0 Å². The van der Waals surface area contributed by atoms with Gasteiger partial charge in [0.1, 0.15) is 0 Å². The van der Waals surface area contributed by atoms with E-state index in [0.717, 1.165) is 19.3 Å². The monoisotopic (exact) mass is 223 g/mol. The number of aromatic nitrogens is 1. The number of nitrogens with two attached hydrogens (primary N) is 2. The molecule has 0 bridgehead atoms. The standard InChI is InChI=1S/C11H17N3O2/c1-2-3-4-5-16-10-6-8(11(13)15)9(12)7-14-10/h6-7H,2-5,12H2,1H3,(H2,13,15). The van der Waals surface area contributed by atoms with Crippen molar-refractivity contribution in [1.82, 2.24) is 4.98 Å². The summed E-state index contributed by atoms with van der Waals surface area (Å²) in [4.78, 5) is 15.0. The zero-order valence-electron chi connectivity index (χ0n) is 9.40. The van der Waals surface area contributed by atoms with Gasteiger partial charge in [-0.25, -0.2) is 4.98 Å². The van der Waals surface area contributed by atoms with E-state index in [-0.39, 0.29) is 11.3 Å². The molecule has 0 atom stereocenters. The fourth-order valence-electron chi connectivity index (χ4n) is 1.27. The van der Waals surface area contributed by atoms with Gasteiger partial charge in [-0.3, -0.25) is 4.79 Å². The van der Waals surface area contributed by atoms with E-state index in [9.17, 15) is 4.79 Å². The Kier molecular flexibility index (Phi) is 4.57. The SMILES string of the molecule is CCCCCOc1cc(C(N)=O)c(N)cn1. The highest BCUT2D eigenvalue weighted by molar-refractivity contribution is 5.97. The summed E-state index contributed by atoms with van der Waals surface area (Å²) in [5.41, 5.74) is 11.2. The average molecular weight is 223 g/mol. The molecule has 1 heterocycles. The molecule has 1 aromatic rings. The Morgan fingerprint density at radius 1 is 1.50 bits per heavy atom.